The average Bonchev–Trinajstić information content (AvgIpc) is 2.48. The van der Waals surface area contributed by atoms with E-state index in [1.165, 1.54) is 14.0 Å². The molecule has 0 radical (unpaired) electrons. The van der Waals surface area contributed by atoms with Crippen LogP contribution in [-0.2, 0) is 20.1 Å². The normalized spacial score (nSPS) is 9.95. The number of anilines is 1. The highest BCUT2D eigenvalue weighted by Gasteiger charge is 1.95. The second-order valence-corrected chi connectivity index (χ2v) is 4.19. The maximum atomic E-state index is 10.4. The summed E-state index contributed by atoms with van der Waals surface area (Å²) in [7, 11) is 3.23. The summed E-state index contributed by atoms with van der Waals surface area (Å²) in [5.41, 5.74) is 1.16. The predicted molar refractivity (Wildman–Crippen MR) is 81.2 cm³/mol. The van der Waals surface area contributed by atoms with Gasteiger partial charge in [-0.3, -0.25) is 8.98 Å². The van der Waals surface area contributed by atoms with Gasteiger partial charge in [0.05, 0.1) is 7.11 Å². The summed E-state index contributed by atoms with van der Waals surface area (Å²) in [5.74, 6) is -0.147. The van der Waals surface area contributed by atoms with Crippen molar-refractivity contribution in [1.82, 2.24) is 5.32 Å². The van der Waals surface area contributed by atoms with Crippen LogP contribution in [-0.4, -0.2) is 30.2 Å². The minimum atomic E-state index is -1.38. The Morgan fingerprint density at radius 2 is 1.79 bits per heavy atom. The molecular formula is C13H24N2O3S. The standard InChI is InChI=1S/C7H9N.C4H9NO3S.C2H6/c1-8-7-5-3-2-4-6-7;1-4(6)5-3-9(7)8-2;1-2/h2-6,8H,1H3;3H2,1-2H3,(H,5,6);1-2H3. The second kappa shape index (κ2) is 14.7. The molecule has 0 saturated carbocycles. The van der Waals surface area contributed by atoms with E-state index in [4.69, 9.17) is 0 Å². The fourth-order valence-electron chi connectivity index (χ4n) is 0.824. The molecule has 1 rings (SSSR count). The fourth-order valence-corrected chi connectivity index (χ4v) is 1.26. The van der Waals surface area contributed by atoms with Crippen molar-refractivity contribution in [2.45, 2.75) is 20.8 Å². The topological polar surface area (TPSA) is 67.4 Å². The summed E-state index contributed by atoms with van der Waals surface area (Å²) in [6.07, 6.45) is 0. The molecule has 0 spiro atoms. The van der Waals surface area contributed by atoms with Gasteiger partial charge in [0.2, 0.25) is 5.91 Å². The molecule has 1 atom stereocenters. The van der Waals surface area contributed by atoms with Crippen molar-refractivity contribution >= 4 is 22.7 Å². The van der Waals surface area contributed by atoms with E-state index in [-0.39, 0.29) is 11.8 Å². The summed E-state index contributed by atoms with van der Waals surface area (Å²) in [6, 6.07) is 10.1. The number of benzene rings is 1. The van der Waals surface area contributed by atoms with Gasteiger partial charge in [0.1, 0.15) is 5.88 Å². The molecule has 1 aromatic rings. The van der Waals surface area contributed by atoms with E-state index >= 15 is 0 Å². The number of amides is 1. The molecule has 0 aromatic heterocycles. The van der Waals surface area contributed by atoms with E-state index in [1.54, 1.807) is 0 Å². The van der Waals surface area contributed by atoms with E-state index in [0.717, 1.165) is 5.69 Å². The molecule has 1 amide bonds. The third-order valence-corrected chi connectivity index (χ3v) is 2.44. The van der Waals surface area contributed by atoms with E-state index in [2.05, 4.69) is 14.8 Å². The lowest BCUT2D eigenvalue weighted by Crippen LogP contribution is -2.24. The number of hydrogen-bond acceptors (Lipinski definition) is 4. The Morgan fingerprint density at radius 1 is 1.26 bits per heavy atom. The summed E-state index contributed by atoms with van der Waals surface area (Å²) >= 11 is -1.38. The van der Waals surface area contributed by atoms with Crippen molar-refractivity contribution in [1.29, 1.82) is 0 Å². The Hall–Kier alpha value is -1.40. The van der Waals surface area contributed by atoms with Gasteiger partial charge in [0, 0.05) is 19.7 Å². The lowest BCUT2D eigenvalue weighted by Gasteiger charge is -1.97. The second-order valence-electron chi connectivity index (χ2n) is 2.96. The molecule has 19 heavy (non-hydrogen) atoms. The van der Waals surface area contributed by atoms with Crippen LogP contribution < -0.4 is 10.6 Å². The van der Waals surface area contributed by atoms with Crippen molar-refractivity contribution in [3.05, 3.63) is 30.3 Å². The zero-order valence-corrected chi connectivity index (χ0v) is 13.0. The molecule has 0 aliphatic rings. The van der Waals surface area contributed by atoms with Crippen LogP contribution in [0.15, 0.2) is 30.3 Å². The monoisotopic (exact) mass is 288 g/mol. The van der Waals surface area contributed by atoms with Crippen molar-refractivity contribution < 1.29 is 13.2 Å². The maximum absolute atomic E-state index is 10.4. The number of nitrogens with one attached hydrogen (secondary N) is 2. The van der Waals surface area contributed by atoms with Crippen molar-refractivity contribution in [2.24, 2.45) is 0 Å². The lowest BCUT2D eigenvalue weighted by molar-refractivity contribution is -0.118. The molecule has 110 valence electrons. The zero-order chi connectivity index (χ0) is 15.1. The highest BCUT2D eigenvalue weighted by atomic mass is 32.2. The van der Waals surface area contributed by atoms with Crippen LogP contribution in [0.5, 0.6) is 0 Å². The first-order valence-electron chi connectivity index (χ1n) is 6.00. The molecule has 5 nitrogen and oxygen atoms in total. The Bertz CT molecular complexity index is 345. The van der Waals surface area contributed by atoms with Crippen LogP contribution in [0.3, 0.4) is 0 Å². The number of carbonyl (C=O) groups is 1. The Labute approximate surface area is 118 Å². The smallest absolute Gasteiger partial charge is 0.217 e. The van der Waals surface area contributed by atoms with Gasteiger partial charge in [-0.2, -0.15) is 0 Å². The Morgan fingerprint density at radius 3 is 2.11 bits per heavy atom. The number of para-hydroxylation sites is 1. The van der Waals surface area contributed by atoms with Crippen LogP contribution in [0.1, 0.15) is 20.8 Å². The third-order valence-electron chi connectivity index (χ3n) is 1.69. The van der Waals surface area contributed by atoms with Gasteiger partial charge in [-0.25, -0.2) is 4.21 Å². The summed E-state index contributed by atoms with van der Waals surface area (Å²) in [4.78, 5) is 10.2. The van der Waals surface area contributed by atoms with Crippen LogP contribution in [0, 0.1) is 0 Å². The molecule has 0 aliphatic heterocycles. The van der Waals surface area contributed by atoms with Gasteiger partial charge in [0.25, 0.3) is 0 Å². The van der Waals surface area contributed by atoms with Crippen LogP contribution >= 0.6 is 0 Å². The summed E-state index contributed by atoms with van der Waals surface area (Å²) in [6.45, 7) is 5.35. The van der Waals surface area contributed by atoms with Crippen molar-refractivity contribution in [3.63, 3.8) is 0 Å². The first kappa shape index (κ1) is 19.9. The first-order chi connectivity index (χ1) is 9.10. The molecule has 0 saturated heterocycles. The molecular weight excluding hydrogens is 264 g/mol. The molecule has 0 bridgehead atoms. The fraction of sp³-hybridized carbons (Fsp3) is 0.462. The van der Waals surface area contributed by atoms with E-state index in [0.29, 0.717) is 0 Å². The predicted octanol–water partition coefficient (Wildman–Crippen LogP) is 2.14. The minimum absolute atomic E-state index is 0.0613. The molecule has 0 heterocycles. The number of carbonyl (C=O) groups excluding carboxylic acids is 1. The molecule has 2 N–H and O–H groups in total. The molecule has 1 aromatic carbocycles. The van der Waals surface area contributed by atoms with Gasteiger partial charge < -0.3 is 10.6 Å². The van der Waals surface area contributed by atoms with Gasteiger partial charge >= 0.3 is 0 Å². The van der Waals surface area contributed by atoms with E-state index in [1.807, 2.05) is 51.2 Å². The quantitative estimate of drug-likeness (QED) is 0.891. The summed E-state index contributed by atoms with van der Waals surface area (Å²) < 4.78 is 14.7. The van der Waals surface area contributed by atoms with Crippen LogP contribution in [0.4, 0.5) is 5.69 Å². The number of rotatable bonds is 4. The van der Waals surface area contributed by atoms with Gasteiger partial charge in [-0.05, 0) is 12.1 Å². The van der Waals surface area contributed by atoms with E-state index < -0.39 is 11.1 Å². The van der Waals surface area contributed by atoms with Gasteiger partial charge in [-0.15, -0.1) is 0 Å². The summed E-state index contributed by atoms with van der Waals surface area (Å²) in [5, 5.41) is 5.36. The van der Waals surface area contributed by atoms with Crippen molar-refractivity contribution in [3.8, 4) is 0 Å². The van der Waals surface area contributed by atoms with Crippen LogP contribution in [0.25, 0.3) is 0 Å². The van der Waals surface area contributed by atoms with E-state index in [9.17, 15) is 9.00 Å². The Kier molecular flexibility index (Phi) is 15.4. The maximum Gasteiger partial charge on any atom is 0.217 e. The third kappa shape index (κ3) is 14.5. The highest BCUT2D eigenvalue weighted by molar-refractivity contribution is 7.80. The van der Waals surface area contributed by atoms with Crippen LogP contribution in [0.2, 0.25) is 0 Å². The molecule has 0 fully saturated rings. The zero-order valence-electron chi connectivity index (χ0n) is 12.2. The highest BCUT2D eigenvalue weighted by Crippen LogP contribution is 2.01. The van der Waals surface area contributed by atoms with Gasteiger partial charge in [0.15, 0.2) is 11.1 Å². The molecule has 0 aliphatic carbocycles. The Balaban J connectivity index is 0. The lowest BCUT2D eigenvalue weighted by atomic mass is 10.3. The van der Waals surface area contributed by atoms with Gasteiger partial charge in [-0.1, -0.05) is 32.0 Å². The number of hydrogen-bond donors (Lipinski definition) is 2. The van der Waals surface area contributed by atoms with Crippen molar-refractivity contribution in [2.75, 3.05) is 25.4 Å². The average molecular weight is 288 g/mol. The minimum Gasteiger partial charge on any atom is -0.388 e. The molecule has 6 heteroatoms. The largest absolute Gasteiger partial charge is 0.388 e. The molecule has 1 unspecified atom stereocenters. The SMILES string of the molecule is CC.CNc1ccccc1.COS(=O)CNC(C)=O. The first-order valence-corrected chi connectivity index (χ1v) is 7.24.